The quantitative estimate of drug-likeness (QED) is 0.357. The zero-order valence-corrected chi connectivity index (χ0v) is 20.8. The Kier molecular flexibility index (Phi) is 7.24. The number of carbonyl (C=O) groups excluding carboxylic acids is 2. The standard InChI is InChI=1S/C25H27ClN6O5/c26-15-5-8-19(27-12-15)30-24(34)22-21(20-18(37-22)11-16(13-28-20)29-25(35)36)31-23(33)14-3-6-17(7-4-14)32-9-1-2-10-32/h5,8,11-14,17,29H,1-4,6-7,9-10H2,(H,31,33)(H,35,36)(H,27,30,34)/t14-,17-. The predicted octanol–water partition coefficient (Wildman–Crippen LogP) is 4.81. The van der Waals surface area contributed by atoms with Gasteiger partial charge < -0.3 is 25.1 Å². The van der Waals surface area contributed by atoms with E-state index in [4.69, 9.17) is 21.1 Å². The molecule has 12 heteroatoms. The van der Waals surface area contributed by atoms with E-state index in [-0.39, 0.29) is 45.9 Å². The molecular weight excluding hydrogens is 500 g/mol. The Balaban J connectivity index is 1.38. The van der Waals surface area contributed by atoms with E-state index in [0.717, 1.165) is 38.8 Å². The van der Waals surface area contributed by atoms with Crippen LogP contribution in [0.2, 0.25) is 5.02 Å². The Bertz CT molecular complexity index is 1310. The van der Waals surface area contributed by atoms with Crippen molar-refractivity contribution in [3.05, 3.63) is 41.4 Å². The summed E-state index contributed by atoms with van der Waals surface area (Å²) in [7, 11) is 0. The molecule has 3 aromatic rings. The fraction of sp³-hybridized carbons (Fsp3) is 0.400. The zero-order chi connectivity index (χ0) is 25.9. The molecule has 2 aliphatic rings. The van der Waals surface area contributed by atoms with E-state index in [0.29, 0.717) is 11.1 Å². The first kappa shape index (κ1) is 25.0. The van der Waals surface area contributed by atoms with Crippen molar-refractivity contribution in [2.24, 2.45) is 5.92 Å². The van der Waals surface area contributed by atoms with Crippen LogP contribution in [0.25, 0.3) is 11.1 Å². The lowest BCUT2D eigenvalue weighted by molar-refractivity contribution is -0.121. The maximum atomic E-state index is 13.3. The van der Waals surface area contributed by atoms with Crippen molar-refractivity contribution < 1.29 is 23.9 Å². The van der Waals surface area contributed by atoms with Gasteiger partial charge in [-0.3, -0.25) is 14.9 Å². The summed E-state index contributed by atoms with van der Waals surface area (Å²) in [6, 6.07) is 5.05. The first-order valence-electron chi connectivity index (χ1n) is 12.3. The van der Waals surface area contributed by atoms with Crippen molar-refractivity contribution >= 4 is 57.8 Å². The minimum atomic E-state index is -1.27. The molecule has 1 aliphatic heterocycles. The summed E-state index contributed by atoms with van der Waals surface area (Å²) >= 11 is 5.87. The van der Waals surface area contributed by atoms with Crippen molar-refractivity contribution in [3.8, 4) is 0 Å². The van der Waals surface area contributed by atoms with Gasteiger partial charge in [-0.2, -0.15) is 0 Å². The van der Waals surface area contributed by atoms with Crippen LogP contribution < -0.4 is 16.0 Å². The van der Waals surface area contributed by atoms with Crippen LogP contribution >= 0.6 is 11.6 Å². The van der Waals surface area contributed by atoms with Crippen molar-refractivity contribution in [2.75, 3.05) is 29.0 Å². The van der Waals surface area contributed by atoms with Gasteiger partial charge in [-0.25, -0.2) is 14.8 Å². The fourth-order valence-corrected chi connectivity index (χ4v) is 5.22. The molecule has 11 nitrogen and oxygen atoms in total. The Hall–Kier alpha value is -3.70. The molecule has 0 unspecified atom stereocenters. The van der Waals surface area contributed by atoms with Crippen molar-refractivity contribution in [2.45, 2.75) is 44.6 Å². The number of carboxylic acid groups (broad SMARTS) is 1. The van der Waals surface area contributed by atoms with E-state index in [2.05, 4.69) is 30.8 Å². The number of hydrogen-bond acceptors (Lipinski definition) is 7. The summed E-state index contributed by atoms with van der Waals surface area (Å²) in [6.07, 6.45) is 7.34. The molecule has 4 N–H and O–H groups in total. The van der Waals surface area contributed by atoms with Gasteiger partial charge in [-0.1, -0.05) is 11.6 Å². The van der Waals surface area contributed by atoms with Crippen molar-refractivity contribution in [1.29, 1.82) is 0 Å². The smallest absolute Gasteiger partial charge is 0.409 e. The SMILES string of the molecule is O=C(O)Nc1cnc2c(NC(=O)[C@H]3CC[C@H](N4CCCC4)CC3)c(C(=O)Nc3ccc(Cl)cn3)oc2c1. The van der Waals surface area contributed by atoms with Gasteiger partial charge >= 0.3 is 6.09 Å². The molecule has 37 heavy (non-hydrogen) atoms. The molecule has 0 radical (unpaired) electrons. The number of nitrogens with zero attached hydrogens (tertiary/aromatic N) is 3. The lowest BCUT2D eigenvalue weighted by Crippen LogP contribution is -2.38. The Morgan fingerprint density at radius 2 is 1.76 bits per heavy atom. The minimum Gasteiger partial charge on any atom is -0.465 e. The summed E-state index contributed by atoms with van der Waals surface area (Å²) in [5, 5.41) is 17.1. The Morgan fingerprint density at radius 3 is 2.43 bits per heavy atom. The largest absolute Gasteiger partial charge is 0.465 e. The summed E-state index contributed by atoms with van der Waals surface area (Å²) in [4.78, 5) is 48.3. The number of amides is 3. The van der Waals surface area contributed by atoms with Crippen LogP contribution in [0.15, 0.2) is 35.0 Å². The van der Waals surface area contributed by atoms with Gasteiger partial charge in [-0.15, -0.1) is 0 Å². The van der Waals surface area contributed by atoms with Crippen LogP contribution in [0.5, 0.6) is 0 Å². The number of carbonyl (C=O) groups is 3. The lowest BCUT2D eigenvalue weighted by Gasteiger charge is -2.33. The Labute approximate surface area is 217 Å². The number of likely N-dealkylation sites (tertiary alicyclic amines) is 1. The average Bonchev–Trinajstić information content (AvgIpc) is 3.54. The molecule has 0 spiro atoms. The molecule has 2 fully saturated rings. The molecule has 3 amide bonds. The van der Waals surface area contributed by atoms with Gasteiger partial charge in [-0.05, 0) is 63.7 Å². The maximum Gasteiger partial charge on any atom is 0.409 e. The number of nitrogens with one attached hydrogen (secondary N) is 3. The van der Waals surface area contributed by atoms with Crippen LogP contribution in [0.4, 0.5) is 22.0 Å². The Morgan fingerprint density at radius 1 is 1.00 bits per heavy atom. The number of fused-ring (bicyclic) bond motifs is 1. The monoisotopic (exact) mass is 526 g/mol. The molecule has 194 valence electrons. The number of hydrogen-bond donors (Lipinski definition) is 4. The molecular formula is C25H27ClN6O5. The summed E-state index contributed by atoms with van der Waals surface area (Å²) in [5.74, 6) is -0.950. The van der Waals surface area contributed by atoms with Crippen LogP contribution in [0, 0.1) is 5.92 Å². The maximum absolute atomic E-state index is 13.3. The average molecular weight is 527 g/mol. The summed E-state index contributed by atoms with van der Waals surface area (Å²) in [6.45, 7) is 2.27. The molecule has 0 bridgehead atoms. The predicted molar refractivity (Wildman–Crippen MR) is 138 cm³/mol. The number of anilines is 3. The molecule has 5 rings (SSSR count). The van der Waals surface area contributed by atoms with Crippen LogP contribution in [0.3, 0.4) is 0 Å². The normalized spacial score (nSPS) is 20.0. The van der Waals surface area contributed by atoms with E-state index in [1.165, 1.54) is 37.4 Å². The third-order valence-corrected chi connectivity index (χ3v) is 7.15. The highest BCUT2D eigenvalue weighted by molar-refractivity contribution is 6.30. The second-order valence-corrected chi connectivity index (χ2v) is 9.80. The first-order chi connectivity index (χ1) is 17.9. The number of furan rings is 1. The van der Waals surface area contributed by atoms with E-state index < -0.39 is 12.0 Å². The third kappa shape index (κ3) is 5.67. The topological polar surface area (TPSA) is 150 Å². The van der Waals surface area contributed by atoms with Gasteiger partial charge in [0.15, 0.2) is 5.58 Å². The minimum absolute atomic E-state index is 0.134. The van der Waals surface area contributed by atoms with Crippen LogP contribution in [0.1, 0.15) is 49.1 Å². The highest BCUT2D eigenvalue weighted by atomic mass is 35.5. The summed E-state index contributed by atoms with van der Waals surface area (Å²) < 4.78 is 5.77. The highest BCUT2D eigenvalue weighted by Crippen LogP contribution is 2.34. The molecule has 1 saturated carbocycles. The third-order valence-electron chi connectivity index (χ3n) is 6.93. The van der Waals surface area contributed by atoms with E-state index in [1.807, 2.05) is 0 Å². The second kappa shape index (κ2) is 10.7. The second-order valence-electron chi connectivity index (χ2n) is 9.36. The number of rotatable bonds is 6. The molecule has 3 aromatic heterocycles. The fourth-order valence-electron chi connectivity index (χ4n) is 5.10. The van der Waals surface area contributed by atoms with Crippen LogP contribution in [-0.4, -0.2) is 57.0 Å². The number of pyridine rings is 2. The molecule has 1 saturated heterocycles. The van der Waals surface area contributed by atoms with Crippen LogP contribution in [-0.2, 0) is 4.79 Å². The van der Waals surface area contributed by atoms with Crippen molar-refractivity contribution in [1.82, 2.24) is 14.9 Å². The number of halogens is 1. The van der Waals surface area contributed by atoms with E-state index in [9.17, 15) is 14.4 Å². The molecule has 0 atom stereocenters. The van der Waals surface area contributed by atoms with Gasteiger partial charge in [0, 0.05) is 24.2 Å². The van der Waals surface area contributed by atoms with Gasteiger partial charge in [0.05, 0.1) is 16.9 Å². The highest BCUT2D eigenvalue weighted by Gasteiger charge is 2.32. The molecule has 1 aliphatic carbocycles. The summed E-state index contributed by atoms with van der Waals surface area (Å²) in [5.41, 5.74) is 0.686. The van der Waals surface area contributed by atoms with E-state index in [1.54, 1.807) is 6.07 Å². The van der Waals surface area contributed by atoms with Gasteiger partial charge in [0.2, 0.25) is 11.7 Å². The molecule has 4 heterocycles. The molecule has 0 aromatic carbocycles. The van der Waals surface area contributed by atoms with Crippen molar-refractivity contribution in [3.63, 3.8) is 0 Å². The van der Waals surface area contributed by atoms with Gasteiger partial charge in [0.1, 0.15) is 17.0 Å². The van der Waals surface area contributed by atoms with E-state index >= 15 is 0 Å². The lowest BCUT2D eigenvalue weighted by atomic mass is 9.85. The first-order valence-corrected chi connectivity index (χ1v) is 12.7. The zero-order valence-electron chi connectivity index (χ0n) is 20.0. The number of aromatic nitrogens is 2. The van der Waals surface area contributed by atoms with Gasteiger partial charge in [0.25, 0.3) is 5.91 Å².